The van der Waals surface area contributed by atoms with Crippen molar-refractivity contribution in [1.29, 1.82) is 0 Å². The van der Waals surface area contributed by atoms with Crippen molar-refractivity contribution in [3.63, 3.8) is 0 Å². The van der Waals surface area contributed by atoms with E-state index in [1.165, 1.54) is 7.11 Å². The number of rotatable bonds is 3. The minimum Gasteiger partial charge on any atom is -0.467 e. The van der Waals surface area contributed by atoms with Crippen LogP contribution >= 0.6 is 0 Å². The summed E-state index contributed by atoms with van der Waals surface area (Å²) in [5.74, 6) is -0.961. The Morgan fingerprint density at radius 1 is 1.05 bits per heavy atom. The zero-order valence-electron chi connectivity index (χ0n) is 14.2. The summed E-state index contributed by atoms with van der Waals surface area (Å²) in [5, 5.41) is 11.4. The highest BCUT2D eigenvalue weighted by molar-refractivity contribution is 5.82. The normalized spacial score (nSPS) is 17.0. The van der Waals surface area contributed by atoms with Crippen LogP contribution in [0.25, 0.3) is 0 Å². The quantitative estimate of drug-likeness (QED) is 0.863. The third-order valence-corrected chi connectivity index (χ3v) is 4.06. The van der Waals surface area contributed by atoms with E-state index in [1.807, 2.05) is 71.9 Å². The van der Waals surface area contributed by atoms with Crippen LogP contribution < -0.4 is 0 Å². The number of hydrogen-bond donors (Lipinski definition) is 1. The predicted octanol–water partition coefficient (Wildman–Crippen LogP) is 3.77. The van der Waals surface area contributed by atoms with Gasteiger partial charge in [-0.15, -0.1) is 0 Å². The second-order valence-electron chi connectivity index (χ2n) is 7.72. The first-order valence-electron chi connectivity index (χ1n) is 7.32. The van der Waals surface area contributed by atoms with Crippen LogP contribution in [0.1, 0.15) is 53.0 Å². The second kappa shape index (κ2) is 5.80. The lowest BCUT2D eigenvalue weighted by Gasteiger charge is -2.48. The molecule has 1 aromatic rings. The Morgan fingerprint density at radius 3 is 1.86 bits per heavy atom. The van der Waals surface area contributed by atoms with Crippen LogP contribution in [-0.4, -0.2) is 23.8 Å². The van der Waals surface area contributed by atoms with E-state index in [0.29, 0.717) is 0 Å². The maximum Gasteiger partial charge on any atom is 0.339 e. The molecule has 0 aliphatic rings. The molecule has 0 aromatic heterocycles. The number of carbonyl (C=O) groups excluding carboxylic acids is 1. The van der Waals surface area contributed by atoms with Gasteiger partial charge in [0.15, 0.2) is 5.60 Å². The number of benzene rings is 1. The summed E-state index contributed by atoms with van der Waals surface area (Å²) in [7, 11) is 1.32. The number of ether oxygens (including phenoxy) is 1. The van der Waals surface area contributed by atoms with E-state index in [2.05, 4.69) is 0 Å². The van der Waals surface area contributed by atoms with Gasteiger partial charge < -0.3 is 9.84 Å². The van der Waals surface area contributed by atoms with Crippen LogP contribution in [0.15, 0.2) is 30.3 Å². The van der Waals surface area contributed by atoms with E-state index in [0.717, 1.165) is 5.56 Å². The van der Waals surface area contributed by atoms with Gasteiger partial charge in [0, 0.05) is 11.3 Å². The summed E-state index contributed by atoms with van der Waals surface area (Å²) in [4.78, 5) is 12.5. The molecule has 0 bridgehead atoms. The van der Waals surface area contributed by atoms with Gasteiger partial charge in [-0.1, -0.05) is 71.9 Å². The molecule has 21 heavy (non-hydrogen) atoms. The minimum absolute atomic E-state index is 0.308. The smallest absolute Gasteiger partial charge is 0.339 e. The summed E-state index contributed by atoms with van der Waals surface area (Å²) in [6.45, 7) is 11.7. The highest BCUT2D eigenvalue weighted by Gasteiger charge is 2.57. The molecule has 118 valence electrons. The molecule has 0 fully saturated rings. The monoisotopic (exact) mass is 292 g/mol. The standard InChI is InChI=1S/C18H28O3/c1-16(2,3)14(13-11-9-8-10-12-13)18(20,15(19)21-7)17(4,5)6/h8-12,14,20H,1-7H3. The van der Waals surface area contributed by atoms with E-state index in [9.17, 15) is 9.90 Å². The zero-order valence-corrected chi connectivity index (χ0v) is 14.2. The third kappa shape index (κ3) is 3.29. The molecule has 1 N–H and O–H groups in total. The Hall–Kier alpha value is -1.35. The van der Waals surface area contributed by atoms with Gasteiger partial charge >= 0.3 is 5.97 Å². The van der Waals surface area contributed by atoms with E-state index in [1.54, 1.807) is 0 Å². The van der Waals surface area contributed by atoms with Crippen molar-refractivity contribution < 1.29 is 14.6 Å². The zero-order chi connectivity index (χ0) is 16.5. The average Bonchev–Trinajstić information content (AvgIpc) is 2.36. The Morgan fingerprint density at radius 2 is 1.52 bits per heavy atom. The van der Waals surface area contributed by atoms with E-state index < -0.39 is 17.0 Å². The fraction of sp³-hybridized carbons (Fsp3) is 0.611. The molecule has 0 amide bonds. The second-order valence-corrected chi connectivity index (χ2v) is 7.72. The van der Waals surface area contributed by atoms with Gasteiger partial charge in [-0.2, -0.15) is 0 Å². The van der Waals surface area contributed by atoms with E-state index in [4.69, 9.17) is 4.74 Å². The molecule has 3 nitrogen and oxygen atoms in total. The Labute approximate surface area is 128 Å². The maximum atomic E-state index is 12.5. The molecule has 2 atom stereocenters. The highest BCUT2D eigenvalue weighted by Crippen LogP contribution is 2.50. The first kappa shape index (κ1) is 17.7. The fourth-order valence-corrected chi connectivity index (χ4v) is 3.03. The van der Waals surface area contributed by atoms with Crippen molar-refractivity contribution in [2.75, 3.05) is 7.11 Å². The lowest BCUT2D eigenvalue weighted by molar-refractivity contribution is -0.185. The first-order valence-corrected chi connectivity index (χ1v) is 7.32. The SMILES string of the molecule is COC(=O)C(O)(C(c1ccccc1)C(C)(C)C)C(C)(C)C. The van der Waals surface area contributed by atoms with Crippen molar-refractivity contribution in [1.82, 2.24) is 0 Å². The van der Waals surface area contributed by atoms with Gasteiger partial charge in [-0.3, -0.25) is 0 Å². The van der Waals surface area contributed by atoms with Gasteiger partial charge in [-0.25, -0.2) is 4.79 Å². The summed E-state index contributed by atoms with van der Waals surface area (Å²) >= 11 is 0. The number of methoxy groups -OCH3 is 1. The predicted molar refractivity (Wildman–Crippen MR) is 85.1 cm³/mol. The maximum absolute atomic E-state index is 12.5. The van der Waals surface area contributed by atoms with Gasteiger partial charge in [-0.05, 0) is 11.0 Å². The summed E-state index contributed by atoms with van der Waals surface area (Å²) in [5.41, 5.74) is -1.64. The van der Waals surface area contributed by atoms with Gasteiger partial charge in [0.25, 0.3) is 0 Å². The minimum atomic E-state index is -1.61. The molecule has 1 rings (SSSR count). The first-order chi connectivity index (χ1) is 9.46. The molecular weight excluding hydrogens is 264 g/mol. The molecular formula is C18H28O3. The van der Waals surface area contributed by atoms with Crippen LogP contribution in [0.3, 0.4) is 0 Å². The van der Waals surface area contributed by atoms with Crippen molar-refractivity contribution in [2.45, 2.75) is 53.1 Å². The van der Waals surface area contributed by atoms with Crippen LogP contribution in [0, 0.1) is 10.8 Å². The lowest BCUT2D eigenvalue weighted by atomic mass is 9.59. The van der Waals surface area contributed by atoms with Gasteiger partial charge in [0.05, 0.1) is 7.11 Å². The summed E-state index contributed by atoms with van der Waals surface area (Å²) in [6.07, 6.45) is 0. The third-order valence-electron chi connectivity index (χ3n) is 4.06. The average molecular weight is 292 g/mol. The van der Waals surface area contributed by atoms with Crippen molar-refractivity contribution >= 4 is 5.97 Å². The van der Waals surface area contributed by atoms with Crippen LogP contribution in [0.4, 0.5) is 0 Å². The molecule has 0 aliphatic heterocycles. The number of hydrogen-bond acceptors (Lipinski definition) is 3. The molecule has 0 radical (unpaired) electrons. The summed E-state index contributed by atoms with van der Waals surface area (Å²) < 4.78 is 4.95. The highest BCUT2D eigenvalue weighted by atomic mass is 16.5. The molecule has 1 aromatic carbocycles. The largest absolute Gasteiger partial charge is 0.467 e. The topological polar surface area (TPSA) is 46.5 Å². The molecule has 3 heteroatoms. The number of aliphatic hydroxyl groups is 1. The molecule has 2 unspecified atom stereocenters. The van der Waals surface area contributed by atoms with Crippen molar-refractivity contribution in [3.05, 3.63) is 35.9 Å². The number of esters is 1. The van der Waals surface area contributed by atoms with Crippen LogP contribution in [0.5, 0.6) is 0 Å². The summed E-state index contributed by atoms with van der Waals surface area (Å²) in [6, 6.07) is 9.69. The molecule has 0 saturated heterocycles. The molecule has 0 heterocycles. The molecule has 0 spiro atoms. The van der Waals surface area contributed by atoms with Gasteiger partial charge in [0.2, 0.25) is 0 Å². The lowest BCUT2D eigenvalue weighted by Crippen LogP contribution is -2.58. The van der Waals surface area contributed by atoms with Gasteiger partial charge in [0.1, 0.15) is 0 Å². The Kier molecular flexibility index (Phi) is 4.89. The Balaban J connectivity index is 3.58. The number of carbonyl (C=O) groups is 1. The molecule has 0 aliphatic carbocycles. The van der Waals surface area contributed by atoms with Crippen molar-refractivity contribution in [3.8, 4) is 0 Å². The van der Waals surface area contributed by atoms with Crippen LogP contribution in [-0.2, 0) is 9.53 Å². The van der Waals surface area contributed by atoms with E-state index >= 15 is 0 Å². The van der Waals surface area contributed by atoms with Crippen molar-refractivity contribution in [2.24, 2.45) is 10.8 Å². The molecule has 0 saturated carbocycles. The van der Waals surface area contributed by atoms with Crippen LogP contribution in [0.2, 0.25) is 0 Å². The fourth-order valence-electron chi connectivity index (χ4n) is 3.03. The van der Waals surface area contributed by atoms with E-state index in [-0.39, 0.29) is 11.3 Å². The Bertz CT molecular complexity index is 479.